The fraction of sp³-hybridized carbons (Fsp3) is 0.429. The van der Waals surface area contributed by atoms with Gasteiger partial charge in [-0.3, -0.25) is 9.59 Å². The smallest absolute Gasteiger partial charge is 0.200 e. The van der Waals surface area contributed by atoms with Crippen molar-refractivity contribution in [1.29, 1.82) is 0 Å². The number of hydrogen-bond donors (Lipinski definition) is 0. The molecule has 0 saturated carbocycles. The third-order valence-electron chi connectivity index (χ3n) is 3.64. The van der Waals surface area contributed by atoms with Crippen molar-refractivity contribution in [2.45, 2.75) is 39.5 Å². The Morgan fingerprint density at radius 1 is 0.778 bits per heavy atom. The van der Waals surface area contributed by atoms with E-state index in [2.05, 4.69) is 0 Å². The molecule has 0 fully saturated rings. The first kappa shape index (κ1) is 12.1. The second-order valence-electron chi connectivity index (χ2n) is 4.80. The van der Waals surface area contributed by atoms with E-state index in [9.17, 15) is 9.59 Å². The molecule has 3 aliphatic rings. The minimum absolute atomic E-state index is 0.114. The normalized spacial score (nSPS) is 14.8. The van der Waals surface area contributed by atoms with Crippen molar-refractivity contribution in [2.24, 2.45) is 0 Å². The van der Waals surface area contributed by atoms with Crippen LogP contribution in [0.4, 0.5) is 0 Å². The maximum atomic E-state index is 12.5. The molecule has 0 aromatic heterocycles. The molecule has 1 aliphatic heterocycles. The Hall–Kier alpha value is -1.000. The van der Waals surface area contributed by atoms with Crippen LogP contribution in [0.1, 0.15) is 33.7 Å². The molecule has 0 radical (unpaired) electrons. The molecule has 0 aromatic rings. The predicted molar refractivity (Wildman–Crippen MR) is 76.2 cm³/mol. The van der Waals surface area contributed by atoms with E-state index >= 15 is 0 Å². The highest BCUT2D eigenvalue weighted by Crippen LogP contribution is 2.21. The summed E-state index contributed by atoms with van der Waals surface area (Å²) < 4.78 is 1.35. The number of fused-ring (bicyclic) bond motifs is 1. The highest BCUT2D eigenvalue weighted by Gasteiger charge is 2.19. The molecule has 1 heterocycles. The fourth-order valence-corrected chi connectivity index (χ4v) is 4.72. The molecule has 0 N–H and O–H groups in total. The first-order chi connectivity index (χ1) is 8.59. The van der Waals surface area contributed by atoms with Crippen molar-refractivity contribution in [3.8, 4) is 0 Å². The van der Waals surface area contributed by atoms with Crippen LogP contribution in [0.2, 0.25) is 0 Å². The highest BCUT2D eigenvalue weighted by molar-refractivity contribution is 7.17. The quantitative estimate of drug-likeness (QED) is 0.742. The van der Waals surface area contributed by atoms with E-state index in [-0.39, 0.29) is 10.9 Å². The van der Waals surface area contributed by atoms with Gasteiger partial charge >= 0.3 is 0 Å². The summed E-state index contributed by atoms with van der Waals surface area (Å²) in [6, 6.07) is 0. The number of rotatable bonds is 0. The SMILES string of the molecule is Cc1sc2c(=O)c3c(c(=O)c=2sc1C)CCCC3. The molecule has 2 aliphatic carbocycles. The van der Waals surface area contributed by atoms with Gasteiger partial charge in [-0.05, 0) is 39.5 Å². The molecule has 0 spiro atoms. The van der Waals surface area contributed by atoms with Crippen molar-refractivity contribution < 1.29 is 0 Å². The van der Waals surface area contributed by atoms with Gasteiger partial charge in [0.1, 0.15) is 0 Å². The maximum absolute atomic E-state index is 12.5. The van der Waals surface area contributed by atoms with Gasteiger partial charge in [0.2, 0.25) is 10.9 Å². The minimum Gasteiger partial charge on any atom is -0.288 e. The van der Waals surface area contributed by atoms with Gasteiger partial charge in [-0.2, -0.15) is 0 Å². The Morgan fingerprint density at radius 2 is 1.17 bits per heavy atom. The summed E-state index contributed by atoms with van der Waals surface area (Å²) in [5.74, 6) is 0. The third-order valence-corrected chi connectivity index (χ3v) is 6.31. The first-order valence-corrected chi connectivity index (χ1v) is 7.81. The molecule has 0 bridgehead atoms. The van der Waals surface area contributed by atoms with E-state index in [0.717, 1.165) is 46.6 Å². The Morgan fingerprint density at radius 3 is 1.56 bits per heavy atom. The standard InChI is InChI=1S/C14H14O2S2/c1-7-8(2)18-14-12(16)10-6-4-3-5-9(10)11(15)13(14)17-7/h3-6H2,1-2H3. The van der Waals surface area contributed by atoms with Crippen LogP contribution in [0.15, 0.2) is 9.59 Å². The lowest BCUT2D eigenvalue weighted by Crippen LogP contribution is -2.26. The van der Waals surface area contributed by atoms with Crippen molar-refractivity contribution in [3.63, 3.8) is 0 Å². The van der Waals surface area contributed by atoms with E-state index in [1.54, 1.807) is 0 Å². The van der Waals surface area contributed by atoms with E-state index in [4.69, 9.17) is 0 Å². The third kappa shape index (κ3) is 1.67. The first-order valence-electron chi connectivity index (χ1n) is 6.18. The van der Waals surface area contributed by atoms with Crippen LogP contribution < -0.4 is 10.9 Å². The summed E-state index contributed by atoms with van der Waals surface area (Å²) >= 11 is 2.96. The zero-order valence-electron chi connectivity index (χ0n) is 10.5. The molecule has 0 amide bonds. The summed E-state index contributed by atoms with van der Waals surface area (Å²) in [7, 11) is 0. The molecule has 0 atom stereocenters. The van der Waals surface area contributed by atoms with E-state index in [0.29, 0.717) is 9.06 Å². The molecule has 2 nitrogen and oxygen atoms in total. The van der Waals surface area contributed by atoms with Crippen LogP contribution in [-0.2, 0) is 12.8 Å². The predicted octanol–water partition coefficient (Wildman–Crippen LogP) is 2.75. The minimum atomic E-state index is 0.114. The molecule has 0 saturated heterocycles. The molecule has 94 valence electrons. The van der Waals surface area contributed by atoms with Crippen LogP contribution >= 0.6 is 22.7 Å². The van der Waals surface area contributed by atoms with Crippen molar-refractivity contribution >= 4 is 22.7 Å². The van der Waals surface area contributed by atoms with Crippen LogP contribution in [0.25, 0.3) is 0 Å². The summed E-state index contributed by atoms with van der Waals surface area (Å²) in [5, 5.41) is 0. The molecular formula is C14H14O2S2. The van der Waals surface area contributed by atoms with Gasteiger partial charge in [0.05, 0.1) is 9.06 Å². The van der Waals surface area contributed by atoms with E-state index < -0.39 is 0 Å². The summed E-state index contributed by atoms with van der Waals surface area (Å²) in [4.78, 5) is 27.2. The molecule has 4 heteroatoms. The lowest BCUT2D eigenvalue weighted by molar-refractivity contribution is 0.677. The number of hydrogen-bond acceptors (Lipinski definition) is 4. The Bertz CT molecular complexity index is 731. The Balaban J connectivity index is 2.60. The van der Waals surface area contributed by atoms with E-state index in [1.807, 2.05) is 13.8 Å². The van der Waals surface area contributed by atoms with Crippen molar-refractivity contribution in [2.75, 3.05) is 0 Å². The van der Waals surface area contributed by atoms with Gasteiger partial charge in [0.15, 0.2) is 0 Å². The van der Waals surface area contributed by atoms with Gasteiger partial charge in [-0.1, -0.05) is 0 Å². The van der Waals surface area contributed by atoms with E-state index in [1.165, 1.54) is 22.7 Å². The van der Waals surface area contributed by atoms with Crippen molar-refractivity contribution in [1.82, 2.24) is 0 Å². The van der Waals surface area contributed by atoms with Gasteiger partial charge in [-0.15, -0.1) is 22.7 Å². The van der Waals surface area contributed by atoms with Crippen LogP contribution in [0.3, 0.4) is 0 Å². The highest BCUT2D eigenvalue weighted by atomic mass is 32.1. The zero-order chi connectivity index (χ0) is 12.9. The Kier molecular flexibility index (Phi) is 2.87. The second-order valence-corrected chi connectivity index (χ2v) is 7.25. The lowest BCUT2D eigenvalue weighted by Gasteiger charge is -2.13. The summed E-state index contributed by atoms with van der Waals surface area (Å²) in [5.41, 5.74) is 1.82. The monoisotopic (exact) mass is 278 g/mol. The lowest BCUT2D eigenvalue weighted by atomic mass is 9.92. The average molecular weight is 278 g/mol. The van der Waals surface area contributed by atoms with Gasteiger partial charge in [0, 0.05) is 20.9 Å². The fourth-order valence-electron chi connectivity index (χ4n) is 2.52. The van der Waals surface area contributed by atoms with Gasteiger partial charge in [-0.25, -0.2) is 0 Å². The molecule has 3 rings (SSSR count). The maximum Gasteiger partial charge on any atom is 0.200 e. The van der Waals surface area contributed by atoms with Gasteiger partial charge in [0.25, 0.3) is 0 Å². The topological polar surface area (TPSA) is 34.1 Å². The Labute approximate surface area is 113 Å². The largest absolute Gasteiger partial charge is 0.288 e. The second kappa shape index (κ2) is 4.28. The van der Waals surface area contributed by atoms with Crippen LogP contribution in [-0.4, -0.2) is 0 Å². The molecular weight excluding hydrogens is 264 g/mol. The summed E-state index contributed by atoms with van der Waals surface area (Å²) in [6.45, 7) is 4.03. The van der Waals surface area contributed by atoms with Crippen molar-refractivity contribution in [3.05, 3.63) is 50.4 Å². The zero-order valence-corrected chi connectivity index (χ0v) is 12.1. The summed E-state index contributed by atoms with van der Waals surface area (Å²) in [6.07, 6.45) is 3.63. The van der Waals surface area contributed by atoms with Gasteiger partial charge < -0.3 is 0 Å². The van der Waals surface area contributed by atoms with Crippen LogP contribution in [0, 0.1) is 22.9 Å². The van der Waals surface area contributed by atoms with Crippen LogP contribution in [0.5, 0.6) is 0 Å². The molecule has 0 unspecified atom stereocenters. The molecule has 18 heavy (non-hydrogen) atoms. The molecule has 0 aromatic carbocycles. The average Bonchev–Trinajstić information content (AvgIpc) is 2.38. The number of aryl methyl sites for hydroxylation is 2.